The number of ether oxygens (including phenoxy) is 2. The molecule has 2 heterocycles. The third-order valence-corrected chi connectivity index (χ3v) is 8.22. The lowest BCUT2D eigenvalue weighted by Crippen LogP contribution is -2.48. The third kappa shape index (κ3) is 10.1. The number of halogens is 2. The van der Waals surface area contributed by atoms with Crippen LogP contribution in [0.2, 0.25) is 0 Å². The Morgan fingerprint density at radius 3 is 1.53 bits per heavy atom. The number of piperazine rings is 2. The Morgan fingerprint density at radius 1 is 0.612 bits per heavy atom. The molecule has 0 unspecified atom stereocenters. The maximum Gasteiger partial charge on any atom is 0.257 e. The van der Waals surface area contributed by atoms with E-state index in [9.17, 15) is 19.8 Å². The molecule has 4 aromatic rings. The zero-order chi connectivity index (χ0) is 35.2. The third-order valence-electron chi connectivity index (χ3n) is 8.22. The van der Waals surface area contributed by atoms with E-state index < -0.39 is 0 Å². The van der Waals surface area contributed by atoms with Gasteiger partial charge in [0.1, 0.15) is 23.0 Å². The van der Waals surface area contributed by atoms with Crippen LogP contribution in [0.3, 0.4) is 0 Å². The first-order valence-corrected chi connectivity index (χ1v) is 16.9. The number of hydrogen-bond acceptors (Lipinski definition) is 8. The Labute approximate surface area is 297 Å². The van der Waals surface area contributed by atoms with E-state index in [1.165, 1.54) is 23.9 Å². The van der Waals surface area contributed by atoms with Crippen LogP contribution < -0.4 is 19.3 Å². The van der Waals surface area contributed by atoms with Gasteiger partial charge in [-0.1, -0.05) is 36.4 Å². The summed E-state index contributed by atoms with van der Waals surface area (Å²) in [7, 11) is 3.17. The van der Waals surface area contributed by atoms with E-state index in [1.54, 1.807) is 37.3 Å². The van der Waals surface area contributed by atoms with Gasteiger partial charge in [0.15, 0.2) is 0 Å². The number of rotatable bonds is 6. The second-order valence-electron chi connectivity index (χ2n) is 11.1. The SMILES string of the molecule is COc1ccc(OC)c(C(=O)N2CCN(c3ccccc3)CC2)c1.ClCCl.O=C(c1cc(O)ccc1O)N1CCN(c2ccccc2)CC1. The predicted molar refractivity (Wildman–Crippen MR) is 195 cm³/mol. The van der Waals surface area contributed by atoms with Crippen LogP contribution in [0.5, 0.6) is 23.0 Å². The van der Waals surface area contributed by atoms with Gasteiger partial charge in [-0.15, -0.1) is 23.2 Å². The zero-order valence-corrected chi connectivity index (χ0v) is 29.2. The summed E-state index contributed by atoms with van der Waals surface area (Å²) in [6, 6.07) is 29.7. The number of para-hydroxylation sites is 2. The number of nitrogens with zero attached hydrogens (tertiary/aromatic N) is 4. The molecule has 0 spiro atoms. The van der Waals surface area contributed by atoms with Gasteiger partial charge in [-0.2, -0.15) is 0 Å². The number of amides is 2. The minimum Gasteiger partial charge on any atom is -0.508 e. The van der Waals surface area contributed by atoms with Crippen LogP contribution in [0, 0.1) is 0 Å². The number of benzene rings is 4. The molecule has 2 aliphatic rings. The summed E-state index contributed by atoms with van der Waals surface area (Å²) in [6.45, 7) is 5.68. The Kier molecular flexibility index (Phi) is 14.1. The van der Waals surface area contributed by atoms with Crippen molar-refractivity contribution in [1.29, 1.82) is 0 Å². The second kappa shape index (κ2) is 18.7. The molecule has 0 aromatic heterocycles. The Hall–Kier alpha value is -4.80. The van der Waals surface area contributed by atoms with Crippen molar-refractivity contribution in [3.05, 3.63) is 108 Å². The van der Waals surface area contributed by atoms with Crippen LogP contribution in [0.1, 0.15) is 20.7 Å². The standard InChI is InChI=1S/C19H22N2O3.C17H18N2O3.CH2Cl2/c1-23-16-8-9-18(24-2)17(14-16)19(22)21-12-10-20(11-13-21)15-6-4-3-5-7-15;20-14-6-7-16(21)15(12-14)17(22)19-10-8-18(9-11-19)13-4-2-1-3-5-13;2-1-3/h3-9,14H,10-13H2,1-2H3;1-7,12,20-21H,8-11H2;1H2. The summed E-state index contributed by atoms with van der Waals surface area (Å²) in [6.07, 6.45) is 0. The number of phenols is 2. The Balaban J connectivity index is 0.000000205. The van der Waals surface area contributed by atoms with Gasteiger partial charge in [-0.3, -0.25) is 9.59 Å². The number of aromatic hydroxyl groups is 2. The van der Waals surface area contributed by atoms with Gasteiger partial charge in [0.25, 0.3) is 11.8 Å². The number of methoxy groups -OCH3 is 2. The van der Waals surface area contributed by atoms with Crippen molar-refractivity contribution in [2.45, 2.75) is 0 Å². The Morgan fingerprint density at radius 2 is 1.08 bits per heavy atom. The highest BCUT2D eigenvalue weighted by atomic mass is 35.5. The highest BCUT2D eigenvalue weighted by Crippen LogP contribution is 2.27. The molecule has 6 rings (SSSR count). The largest absolute Gasteiger partial charge is 0.508 e. The van der Waals surface area contributed by atoms with Crippen LogP contribution in [-0.4, -0.2) is 104 Å². The van der Waals surface area contributed by atoms with E-state index in [-0.39, 0.29) is 34.2 Å². The maximum absolute atomic E-state index is 12.9. The van der Waals surface area contributed by atoms with Gasteiger partial charge < -0.3 is 39.3 Å². The molecule has 49 heavy (non-hydrogen) atoms. The van der Waals surface area contributed by atoms with Crippen LogP contribution in [0.15, 0.2) is 97.1 Å². The van der Waals surface area contributed by atoms with Gasteiger partial charge in [-0.05, 0) is 60.7 Å². The zero-order valence-electron chi connectivity index (χ0n) is 27.7. The molecule has 2 saturated heterocycles. The van der Waals surface area contributed by atoms with E-state index >= 15 is 0 Å². The van der Waals surface area contributed by atoms with E-state index in [0.717, 1.165) is 31.9 Å². The van der Waals surface area contributed by atoms with Crippen molar-refractivity contribution in [3.63, 3.8) is 0 Å². The number of carbonyl (C=O) groups excluding carboxylic acids is 2. The highest BCUT2D eigenvalue weighted by Gasteiger charge is 2.26. The molecule has 0 atom stereocenters. The molecule has 0 bridgehead atoms. The summed E-state index contributed by atoms with van der Waals surface area (Å²) in [5, 5.41) is 19.5. The van der Waals surface area contributed by atoms with Crippen molar-refractivity contribution < 1.29 is 29.3 Å². The lowest BCUT2D eigenvalue weighted by atomic mass is 10.1. The minimum atomic E-state index is -0.249. The molecule has 2 amide bonds. The smallest absolute Gasteiger partial charge is 0.257 e. The highest BCUT2D eigenvalue weighted by molar-refractivity contribution is 6.40. The van der Waals surface area contributed by atoms with Crippen molar-refractivity contribution >= 4 is 46.4 Å². The molecule has 260 valence electrons. The lowest BCUT2D eigenvalue weighted by Gasteiger charge is -2.36. The first kappa shape index (κ1) is 37.0. The average molecular weight is 710 g/mol. The molecule has 0 radical (unpaired) electrons. The number of alkyl halides is 2. The topological polar surface area (TPSA) is 106 Å². The van der Waals surface area contributed by atoms with E-state index in [2.05, 4.69) is 34.1 Å². The lowest BCUT2D eigenvalue weighted by molar-refractivity contribution is 0.0735. The summed E-state index contributed by atoms with van der Waals surface area (Å²) in [5.41, 5.74) is 3.04. The number of hydrogen-bond donors (Lipinski definition) is 2. The monoisotopic (exact) mass is 708 g/mol. The fourth-order valence-corrected chi connectivity index (χ4v) is 5.63. The van der Waals surface area contributed by atoms with Crippen LogP contribution in [0.4, 0.5) is 11.4 Å². The molecular formula is C37H42Cl2N4O6. The van der Waals surface area contributed by atoms with Gasteiger partial charge in [-0.25, -0.2) is 0 Å². The normalized spacial score (nSPS) is 14.1. The van der Waals surface area contributed by atoms with E-state index in [1.807, 2.05) is 41.3 Å². The van der Waals surface area contributed by atoms with E-state index in [0.29, 0.717) is 43.2 Å². The molecular weight excluding hydrogens is 667 g/mol. The molecule has 2 fully saturated rings. The van der Waals surface area contributed by atoms with Crippen molar-refractivity contribution in [1.82, 2.24) is 9.80 Å². The molecule has 0 saturated carbocycles. The predicted octanol–water partition coefficient (Wildman–Crippen LogP) is 6.15. The van der Waals surface area contributed by atoms with Crippen LogP contribution >= 0.6 is 23.2 Å². The second-order valence-corrected chi connectivity index (χ2v) is 11.9. The quantitative estimate of drug-likeness (QED) is 0.182. The molecule has 12 heteroatoms. The first-order chi connectivity index (χ1) is 23.8. The first-order valence-electron chi connectivity index (χ1n) is 15.8. The average Bonchev–Trinajstić information content (AvgIpc) is 3.16. The van der Waals surface area contributed by atoms with Crippen LogP contribution in [-0.2, 0) is 0 Å². The Bertz CT molecular complexity index is 1630. The molecule has 10 nitrogen and oxygen atoms in total. The molecule has 4 aromatic carbocycles. The number of carbonyl (C=O) groups is 2. The summed E-state index contributed by atoms with van der Waals surface area (Å²) in [4.78, 5) is 33.4. The summed E-state index contributed by atoms with van der Waals surface area (Å²) >= 11 is 9.53. The molecule has 0 aliphatic carbocycles. The number of phenolic OH excluding ortho intramolecular Hbond substituents is 2. The van der Waals surface area contributed by atoms with E-state index in [4.69, 9.17) is 32.7 Å². The maximum atomic E-state index is 12.9. The van der Waals surface area contributed by atoms with Crippen LogP contribution in [0.25, 0.3) is 0 Å². The number of anilines is 2. The van der Waals surface area contributed by atoms with Crippen molar-refractivity contribution in [3.8, 4) is 23.0 Å². The van der Waals surface area contributed by atoms with Gasteiger partial charge in [0.2, 0.25) is 0 Å². The molecule has 2 N–H and O–H groups in total. The van der Waals surface area contributed by atoms with Crippen molar-refractivity contribution in [2.24, 2.45) is 0 Å². The molecule has 2 aliphatic heterocycles. The minimum absolute atomic E-state index is 0.0153. The summed E-state index contributed by atoms with van der Waals surface area (Å²) < 4.78 is 10.6. The summed E-state index contributed by atoms with van der Waals surface area (Å²) in [5.74, 6) is 0.838. The fourth-order valence-electron chi connectivity index (χ4n) is 5.63. The van der Waals surface area contributed by atoms with Gasteiger partial charge in [0.05, 0.1) is 30.7 Å². The van der Waals surface area contributed by atoms with Gasteiger partial charge in [0, 0.05) is 63.7 Å². The van der Waals surface area contributed by atoms with Crippen molar-refractivity contribution in [2.75, 3.05) is 81.7 Å². The van der Waals surface area contributed by atoms with Gasteiger partial charge >= 0.3 is 0 Å². The fraction of sp³-hybridized carbons (Fsp3) is 0.297.